The minimum atomic E-state index is -0.422. The summed E-state index contributed by atoms with van der Waals surface area (Å²) in [5.41, 5.74) is 0. The summed E-state index contributed by atoms with van der Waals surface area (Å²) in [5, 5.41) is -0.422. The molecule has 1 radical (unpaired) electrons. The molecule has 0 aromatic heterocycles. The molecule has 1 atom stereocenters. The lowest BCUT2D eigenvalue weighted by Gasteiger charge is -2.15. The van der Waals surface area contributed by atoms with Gasteiger partial charge in [0.1, 0.15) is 0 Å². The van der Waals surface area contributed by atoms with E-state index in [0.717, 1.165) is 0 Å². The predicted molar refractivity (Wildman–Crippen MR) is 46.1 cm³/mol. The van der Waals surface area contributed by atoms with Crippen molar-refractivity contribution in [2.75, 3.05) is 7.11 Å². The van der Waals surface area contributed by atoms with Crippen molar-refractivity contribution in [3.05, 3.63) is 28.6 Å². The van der Waals surface area contributed by atoms with Gasteiger partial charge < -0.3 is 4.74 Å². The number of hydrogen-bond donors (Lipinski definition) is 0. The fourth-order valence-corrected chi connectivity index (χ4v) is 1.23. The van der Waals surface area contributed by atoms with Gasteiger partial charge in [-0.05, 0) is 12.2 Å². The van der Waals surface area contributed by atoms with E-state index >= 15 is 0 Å². The molecule has 0 aliphatic heterocycles. The minimum absolute atomic E-state index is 0.203. The monoisotopic (exact) mass is 239 g/mol. The first kappa shape index (κ1) is 9.07. The van der Waals surface area contributed by atoms with Crippen molar-refractivity contribution in [3.8, 4) is 0 Å². The third-order valence-electron chi connectivity index (χ3n) is 1.28. The molecule has 0 bridgehead atoms. The molecule has 1 nitrogen and oxygen atoms in total. The molecule has 0 saturated carbocycles. The predicted octanol–water partition coefficient (Wildman–Crippen LogP) is 2.92. The van der Waals surface area contributed by atoms with E-state index in [2.05, 4.69) is 15.9 Å². The first-order valence-electron chi connectivity index (χ1n) is 2.95. The lowest BCUT2D eigenvalue weighted by atomic mass is 10.1. The molecule has 0 aromatic rings. The number of allylic oxidation sites excluding steroid dienone is 3. The van der Waals surface area contributed by atoms with E-state index in [0.29, 0.717) is 4.83 Å². The summed E-state index contributed by atoms with van der Waals surface area (Å²) in [6.45, 7) is 0. The van der Waals surface area contributed by atoms with Crippen LogP contribution in [0.1, 0.15) is 0 Å². The molecule has 1 unspecified atom stereocenters. The number of rotatable bonds is 1. The minimum Gasteiger partial charge on any atom is -0.494 e. The highest BCUT2D eigenvalue weighted by Crippen LogP contribution is 2.32. The zero-order valence-corrected chi connectivity index (χ0v) is 8.12. The summed E-state index contributed by atoms with van der Waals surface area (Å²) in [4.78, 5) is 0.706. The van der Waals surface area contributed by atoms with Crippen LogP contribution < -0.4 is 0 Å². The van der Waals surface area contributed by atoms with Gasteiger partial charge in [0.2, 0.25) is 0 Å². The van der Waals surface area contributed by atoms with Gasteiger partial charge in [-0.25, -0.2) is 4.39 Å². The molecule has 0 N–H and O–H groups in total. The van der Waals surface area contributed by atoms with Crippen molar-refractivity contribution < 1.29 is 9.13 Å². The molecule has 1 aliphatic carbocycles. The third-order valence-corrected chi connectivity index (χ3v) is 2.63. The number of halogens is 3. The van der Waals surface area contributed by atoms with Gasteiger partial charge in [-0.1, -0.05) is 15.9 Å². The van der Waals surface area contributed by atoms with Gasteiger partial charge in [-0.15, -0.1) is 11.6 Å². The number of methoxy groups -OCH3 is 1. The topological polar surface area (TPSA) is 9.23 Å². The highest BCUT2D eigenvalue weighted by atomic mass is 79.9. The Balaban J connectivity index is 2.82. The Morgan fingerprint density at radius 1 is 1.73 bits per heavy atom. The molecule has 1 rings (SSSR count). The number of ether oxygens (including phenoxy) is 1. The zero-order valence-electron chi connectivity index (χ0n) is 5.77. The highest BCUT2D eigenvalue weighted by Gasteiger charge is 2.22. The van der Waals surface area contributed by atoms with Crippen molar-refractivity contribution in [2.24, 2.45) is 0 Å². The van der Waals surface area contributed by atoms with Gasteiger partial charge >= 0.3 is 0 Å². The van der Waals surface area contributed by atoms with Gasteiger partial charge in [-0.3, -0.25) is 0 Å². The first-order chi connectivity index (χ1) is 5.15. The maximum absolute atomic E-state index is 12.8. The van der Waals surface area contributed by atoms with E-state index in [9.17, 15) is 4.39 Å². The molecule has 4 heteroatoms. The summed E-state index contributed by atoms with van der Waals surface area (Å²) in [5.74, 6) is -0.218. The molecule has 0 heterocycles. The van der Waals surface area contributed by atoms with Crippen LogP contribution in [0.5, 0.6) is 0 Å². The Kier molecular flexibility index (Phi) is 2.96. The summed E-state index contributed by atoms with van der Waals surface area (Å²) >= 11 is 8.86. The molecule has 0 aromatic carbocycles. The molecular weight excluding hydrogens is 234 g/mol. The van der Waals surface area contributed by atoms with Crippen molar-refractivity contribution in [3.63, 3.8) is 0 Å². The smallest absolute Gasteiger partial charge is 0.162 e. The fourth-order valence-electron chi connectivity index (χ4n) is 0.720. The van der Waals surface area contributed by atoms with Crippen LogP contribution in [0, 0.1) is 4.83 Å². The van der Waals surface area contributed by atoms with Crippen molar-refractivity contribution >= 4 is 27.5 Å². The molecule has 61 valence electrons. The highest BCUT2D eigenvalue weighted by molar-refractivity contribution is 9.11. The Hall–Kier alpha value is -0.0200. The Bertz CT molecular complexity index is 214. The van der Waals surface area contributed by atoms with E-state index in [1.807, 2.05) is 0 Å². The van der Waals surface area contributed by atoms with Gasteiger partial charge in [0.25, 0.3) is 0 Å². The van der Waals surface area contributed by atoms with E-state index in [1.165, 1.54) is 19.3 Å². The SMILES string of the molecule is COC1=C[C](Br)C(Cl)C=C1F. The Labute approximate surface area is 78.0 Å². The van der Waals surface area contributed by atoms with Gasteiger partial charge in [0.05, 0.1) is 17.3 Å². The van der Waals surface area contributed by atoms with E-state index in [-0.39, 0.29) is 5.76 Å². The van der Waals surface area contributed by atoms with Crippen molar-refractivity contribution in [1.29, 1.82) is 0 Å². The Morgan fingerprint density at radius 3 is 2.91 bits per heavy atom. The number of alkyl halides is 1. The molecule has 0 fully saturated rings. The molecule has 1 aliphatic rings. The molecular formula is C7H6BrClFO. The van der Waals surface area contributed by atoms with E-state index in [4.69, 9.17) is 16.3 Å². The summed E-state index contributed by atoms with van der Waals surface area (Å²) in [6.07, 6.45) is 2.80. The lowest BCUT2D eigenvalue weighted by Crippen LogP contribution is -2.08. The van der Waals surface area contributed by atoms with E-state index in [1.54, 1.807) is 0 Å². The molecule has 0 spiro atoms. The molecule has 0 amide bonds. The molecule has 0 saturated heterocycles. The largest absolute Gasteiger partial charge is 0.494 e. The summed E-state index contributed by atoms with van der Waals surface area (Å²) < 4.78 is 17.6. The van der Waals surface area contributed by atoms with Crippen molar-refractivity contribution in [1.82, 2.24) is 0 Å². The van der Waals surface area contributed by atoms with Crippen LogP contribution in [-0.4, -0.2) is 12.5 Å². The second kappa shape index (κ2) is 3.59. The lowest BCUT2D eigenvalue weighted by molar-refractivity contribution is 0.281. The van der Waals surface area contributed by atoms with Crippen LogP contribution in [0.2, 0.25) is 0 Å². The van der Waals surface area contributed by atoms with Crippen LogP contribution in [0.25, 0.3) is 0 Å². The maximum Gasteiger partial charge on any atom is 0.162 e. The van der Waals surface area contributed by atoms with Crippen LogP contribution in [0.3, 0.4) is 0 Å². The van der Waals surface area contributed by atoms with E-state index < -0.39 is 11.2 Å². The molecule has 11 heavy (non-hydrogen) atoms. The van der Waals surface area contributed by atoms with Crippen LogP contribution in [0.4, 0.5) is 4.39 Å². The fraction of sp³-hybridized carbons (Fsp3) is 0.286. The zero-order chi connectivity index (χ0) is 8.43. The van der Waals surface area contributed by atoms with Gasteiger partial charge in [0, 0.05) is 0 Å². The third kappa shape index (κ3) is 1.97. The van der Waals surface area contributed by atoms with Gasteiger partial charge in [0.15, 0.2) is 11.6 Å². The quantitative estimate of drug-likeness (QED) is 0.640. The van der Waals surface area contributed by atoms with Crippen molar-refractivity contribution in [2.45, 2.75) is 5.38 Å². The first-order valence-corrected chi connectivity index (χ1v) is 4.18. The Morgan fingerprint density at radius 2 is 2.36 bits per heavy atom. The average molecular weight is 240 g/mol. The normalized spacial score (nSPS) is 26.0. The van der Waals surface area contributed by atoms with Gasteiger partial charge in [-0.2, -0.15) is 0 Å². The average Bonchev–Trinajstić information content (AvgIpc) is 1.97. The summed E-state index contributed by atoms with van der Waals surface area (Å²) in [7, 11) is 1.41. The number of hydrogen-bond acceptors (Lipinski definition) is 1. The standard InChI is InChI=1S/C7H6BrClFO/c1-11-7-2-4(8)5(9)3-6(7)10/h2-3,5H,1H3. The van der Waals surface area contributed by atoms with Crippen LogP contribution >= 0.6 is 27.5 Å². The maximum atomic E-state index is 12.8. The summed E-state index contributed by atoms with van der Waals surface area (Å²) in [6, 6.07) is 0. The second-order valence-corrected chi connectivity index (χ2v) is 3.40. The van der Waals surface area contributed by atoms with Crippen LogP contribution in [-0.2, 0) is 4.74 Å². The van der Waals surface area contributed by atoms with Crippen LogP contribution in [0.15, 0.2) is 23.7 Å². The second-order valence-electron chi connectivity index (χ2n) is 2.01.